The van der Waals surface area contributed by atoms with E-state index in [2.05, 4.69) is 15.5 Å². The number of aromatic nitrogens is 4. The van der Waals surface area contributed by atoms with Crippen LogP contribution in [0.15, 0.2) is 24.5 Å². The Kier molecular flexibility index (Phi) is 2.17. The number of benzene rings is 1. The van der Waals surface area contributed by atoms with Gasteiger partial charge in [0.15, 0.2) is 0 Å². The fourth-order valence-electron chi connectivity index (χ4n) is 1.30. The molecule has 1 aromatic carbocycles. The monoisotopic (exact) mass is 204 g/mol. The minimum Gasteiger partial charge on any atom is -0.478 e. The summed E-state index contributed by atoms with van der Waals surface area (Å²) in [6.45, 7) is 1.82. The summed E-state index contributed by atoms with van der Waals surface area (Å²) in [6, 6.07) is 4.92. The van der Waals surface area contributed by atoms with Gasteiger partial charge in [-0.05, 0) is 41.1 Å². The lowest BCUT2D eigenvalue weighted by Crippen LogP contribution is -2.01. The molecular weight excluding hydrogens is 196 g/mol. The average molecular weight is 204 g/mol. The van der Waals surface area contributed by atoms with E-state index >= 15 is 0 Å². The first-order valence-corrected chi connectivity index (χ1v) is 4.25. The normalized spacial score (nSPS) is 10.2. The lowest BCUT2D eigenvalue weighted by atomic mass is 10.1. The van der Waals surface area contributed by atoms with Crippen LogP contribution in [0.25, 0.3) is 5.69 Å². The highest BCUT2D eigenvalue weighted by Crippen LogP contribution is 2.12. The van der Waals surface area contributed by atoms with Gasteiger partial charge in [-0.1, -0.05) is 0 Å². The van der Waals surface area contributed by atoms with Crippen molar-refractivity contribution < 1.29 is 9.90 Å². The number of tetrazole rings is 1. The Balaban J connectivity index is 2.54. The Bertz CT molecular complexity index is 493. The Morgan fingerprint density at radius 2 is 2.20 bits per heavy atom. The third kappa shape index (κ3) is 1.83. The third-order valence-electron chi connectivity index (χ3n) is 1.92. The second kappa shape index (κ2) is 3.49. The molecule has 0 spiro atoms. The summed E-state index contributed by atoms with van der Waals surface area (Å²) in [5.41, 5.74) is 1.71. The largest absolute Gasteiger partial charge is 0.478 e. The molecule has 76 valence electrons. The van der Waals surface area contributed by atoms with Gasteiger partial charge in [0, 0.05) is 0 Å². The highest BCUT2D eigenvalue weighted by atomic mass is 16.4. The van der Waals surface area contributed by atoms with E-state index in [-0.39, 0.29) is 5.56 Å². The van der Waals surface area contributed by atoms with Crippen molar-refractivity contribution >= 4 is 5.97 Å². The van der Waals surface area contributed by atoms with Crippen LogP contribution in [0.2, 0.25) is 0 Å². The van der Waals surface area contributed by atoms with Crippen LogP contribution < -0.4 is 0 Å². The van der Waals surface area contributed by atoms with Gasteiger partial charge in [0.1, 0.15) is 6.33 Å². The SMILES string of the molecule is Cc1cc(C(=O)O)cc(-n2cnnn2)c1. The van der Waals surface area contributed by atoms with Crippen molar-refractivity contribution in [2.75, 3.05) is 0 Å². The van der Waals surface area contributed by atoms with Crippen molar-refractivity contribution in [2.45, 2.75) is 6.92 Å². The number of hydrogen-bond acceptors (Lipinski definition) is 4. The number of carbonyl (C=O) groups is 1. The van der Waals surface area contributed by atoms with Gasteiger partial charge in [0.05, 0.1) is 11.3 Å². The van der Waals surface area contributed by atoms with Crippen molar-refractivity contribution in [1.29, 1.82) is 0 Å². The topological polar surface area (TPSA) is 80.9 Å². The summed E-state index contributed by atoms with van der Waals surface area (Å²) in [5.74, 6) is -0.965. The zero-order chi connectivity index (χ0) is 10.8. The molecule has 0 amide bonds. The number of carboxylic acid groups (broad SMARTS) is 1. The van der Waals surface area contributed by atoms with E-state index in [0.717, 1.165) is 5.56 Å². The Labute approximate surface area is 85.2 Å². The zero-order valence-electron chi connectivity index (χ0n) is 7.95. The third-order valence-corrected chi connectivity index (χ3v) is 1.92. The van der Waals surface area contributed by atoms with Crippen molar-refractivity contribution in [1.82, 2.24) is 20.2 Å². The summed E-state index contributed by atoms with van der Waals surface area (Å²) < 4.78 is 1.42. The summed E-state index contributed by atoms with van der Waals surface area (Å²) >= 11 is 0. The van der Waals surface area contributed by atoms with Crippen molar-refractivity contribution in [3.05, 3.63) is 35.7 Å². The molecule has 2 rings (SSSR count). The van der Waals surface area contributed by atoms with Crippen LogP contribution >= 0.6 is 0 Å². The summed E-state index contributed by atoms with van der Waals surface area (Å²) in [6.07, 6.45) is 1.42. The predicted octanol–water partition coefficient (Wildman–Crippen LogP) is 0.669. The molecule has 0 aliphatic heterocycles. The van der Waals surface area contributed by atoms with Gasteiger partial charge in [0.2, 0.25) is 0 Å². The van der Waals surface area contributed by atoms with Crippen LogP contribution in [0, 0.1) is 6.92 Å². The lowest BCUT2D eigenvalue weighted by Gasteiger charge is -2.03. The van der Waals surface area contributed by atoms with Crippen molar-refractivity contribution in [3.8, 4) is 5.69 Å². The molecule has 1 aromatic heterocycles. The molecule has 0 unspecified atom stereocenters. The molecule has 0 bridgehead atoms. The van der Waals surface area contributed by atoms with Gasteiger partial charge < -0.3 is 5.11 Å². The van der Waals surface area contributed by atoms with Crippen LogP contribution in [0.1, 0.15) is 15.9 Å². The molecular formula is C9H8N4O2. The molecule has 15 heavy (non-hydrogen) atoms. The quantitative estimate of drug-likeness (QED) is 0.777. The highest BCUT2D eigenvalue weighted by molar-refractivity contribution is 5.88. The van der Waals surface area contributed by atoms with Crippen LogP contribution in [0.5, 0.6) is 0 Å². The maximum atomic E-state index is 10.8. The van der Waals surface area contributed by atoms with E-state index in [0.29, 0.717) is 5.69 Å². The van der Waals surface area contributed by atoms with Crippen LogP contribution in [0.4, 0.5) is 0 Å². The fourth-order valence-corrected chi connectivity index (χ4v) is 1.30. The number of hydrogen-bond donors (Lipinski definition) is 1. The minimum atomic E-state index is -0.965. The Morgan fingerprint density at radius 1 is 1.40 bits per heavy atom. The maximum Gasteiger partial charge on any atom is 0.335 e. The summed E-state index contributed by atoms with van der Waals surface area (Å²) in [7, 11) is 0. The molecule has 0 fully saturated rings. The van der Waals surface area contributed by atoms with Crippen molar-refractivity contribution in [3.63, 3.8) is 0 Å². The number of carboxylic acids is 1. The van der Waals surface area contributed by atoms with E-state index in [4.69, 9.17) is 5.11 Å². The first-order valence-electron chi connectivity index (χ1n) is 4.25. The Morgan fingerprint density at radius 3 is 2.80 bits per heavy atom. The fraction of sp³-hybridized carbons (Fsp3) is 0.111. The highest BCUT2D eigenvalue weighted by Gasteiger charge is 2.06. The zero-order valence-corrected chi connectivity index (χ0v) is 7.95. The molecule has 2 aromatic rings. The molecule has 6 nitrogen and oxygen atoms in total. The average Bonchev–Trinajstić information content (AvgIpc) is 2.69. The van der Waals surface area contributed by atoms with Crippen molar-refractivity contribution in [2.24, 2.45) is 0 Å². The smallest absolute Gasteiger partial charge is 0.335 e. The second-order valence-electron chi connectivity index (χ2n) is 3.12. The molecule has 0 saturated carbocycles. The molecule has 0 atom stereocenters. The molecule has 0 radical (unpaired) electrons. The van der Waals surface area contributed by atoms with Gasteiger partial charge in [-0.2, -0.15) is 0 Å². The number of nitrogens with zero attached hydrogens (tertiary/aromatic N) is 4. The minimum absolute atomic E-state index is 0.223. The Hall–Kier alpha value is -2.24. The first kappa shape index (κ1) is 9.32. The van der Waals surface area contributed by atoms with Crippen LogP contribution in [0.3, 0.4) is 0 Å². The second-order valence-corrected chi connectivity index (χ2v) is 3.12. The summed E-state index contributed by atoms with van der Waals surface area (Å²) in [5, 5.41) is 19.5. The van der Waals surface area contributed by atoms with E-state index in [1.807, 2.05) is 13.0 Å². The molecule has 0 saturated heterocycles. The number of aryl methyl sites for hydroxylation is 1. The number of rotatable bonds is 2. The molecule has 0 aliphatic carbocycles. The molecule has 1 N–H and O–H groups in total. The van der Waals surface area contributed by atoms with Gasteiger partial charge in [-0.3, -0.25) is 0 Å². The van der Waals surface area contributed by atoms with Gasteiger partial charge in [-0.25, -0.2) is 9.48 Å². The van der Waals surface area contributed by atoms with Crippen LogP contribution in [-0.4, -0.2) is 31.3 Å². The lowest BCUT2D eigenvalue weighted by molar-refractivity contribution is 0.0696. The molecule has 0 aliphatic rings. The van der Waals surface area contributed by atoms with E-state index < -0.39 is 5.97 Å². The van der Waals surface area contributed by atoms with Crippen LogP contribution in [-0.2, 0) is 0 Å². The predicted molar refractivity (Wildman–Crippen MR) is 50.9 cm³/mol. The molecule has 6 heteroatoms. The number of aromatic carboxylic acids is 1. The molecule has 1 heterocycles. The van der Waals surface area contributed by atoms with Gasteiger partial charge in [0.25, 0.3) is 0 Å². The van der Waals surface area contributed by atoms with Gasteiger partial charge in [-0.15, -0.1) is 5.10 Å². The maximum absolute atomic E-state index is 10.8. The summed E-state index contributed by atoms with van der Waals surface area (Å²) in [4.78, 5) is 10.8. The first-order chi connectivity index (χ1) is 7.16. The van der Waals surface area contributed by atoms with E-state index in [1.165, 1.54) is 17.1 Å². The van der Waals surface area contributed by atoms with E-state index in [9.17, 15) is 4.79 Å². The standard InChI is InChI=1S/C9H8N4O2/c1-6-2-7(9(14)15)4-8(3-6)13-5-10-11-12-13/h2-5H,1H3,(H,14,15). The van der Waals surface area contributed by atoms with E-state index in [1.54, 1.807) is 6.07 Å². The van der Waals surface area contributed by atoms with Gasteiger partial charge >= 0.3 is 5.97 Å².